The lowest BCUT2D eigenvalue weighted by molar-refractivity contribution is -0.146. The summed E-state index contributed by atoms with van der Waals surface area (Å²) in [4.78, 5) is 10.9. The number of hydrogen-bond acceptors (Lipinski definition) is 5. The minimum atomic E-state index is -0.299. The van der Waals surface area contributed by atoms with E-state index >= 15 is 0 Å². The van der Waals surface area contributed by atoms with E-state index in [0.29, 0.717) is 26.4 Å². The van der Waals surface area contributed by atoms with Gasteiger partial charge >= 0.3 is 5.97 Å². The first kappa shape index (κ1) is 12.4. The summed E-state index contributed by atoms with van der Waals surface area (Å²) in [6.07, 6.45) is 1.87. The molecule has 0 aromatic carbocycles. The Morgan fingerprint density at radius 3 is 2.67 bits per heavy atom. The average Bonchev–Trinajstić information content (AvgIpc) is 2.30. The van der Waals surface area contributed by atoms with Crippen LogP contribution in [0, 0.1) is 0 Å². The Morgan fingerprint density at radius 2 is 2.13 bits per heavy atom. The Labute approximate surface area is 89.9 Å². The van der Waals surface area contributed by atoms with E-state index in [4.69, 9.17) is 15.2 Å². The minimum Gasteiger partial charge on any atom is -0.469 e. The molecule has 1 saturated heterocycles. The van der Waals surface area contributed by atoms with E-state index in [2.05, 4.69) is 4.74 Å². The first-order valence-corrected chi connectivity index (χ1v) is 5.21. The third-order valence-electron chi connectivity index (χ3n) is 2.72. The van der Waals surface area contributed by atoms with E-state index in [1.165, 1.54) is 7.11 Å². The van der Waals surface area contributed by atoms with Crippen LogP contribution in [0.1, 0.15) is 19.3 Å². The first-order chi connectivity index (χ1) is 7.22. The number of carbonyl (C=O) groups is 1. The zero-order valence-corrected chi connectivity index (χ0v) is 9.16. The molecule has 0 bridgehead atoms. The summed E-state index contributed by atoms with van der Waals surface area (Å²) in [5.41, 5.74) is 5.39. The molecule has 1 aliphatic rings. The highest BCUT2D eigenvalue weighted by Gasteiger charge is 2.32. The molecule has 0 unspecified atom stereocenters. The topological polar surface area (TPSA) is 70.8 Å². The van der Waals surface area contributed by atoms with Gasteiger partial charge in [0.15, 0.2) is 0 Å². The molecular formula is C10H19NO4. The molecular weight excluding hydrogens is 198 g/mol. The molecule has 0 spiro atoms. The van der Waals surface area contributed by atoms with Gasteiger partial charge in [-0.15, -0.1) is 0 Å². The first-order valence-electron chi connectivity index (χ1n) is 5.21. The summed E-state index contributed by atoms with van der Waals surface area (Å²) < 4.78 is 15.5. The normalized spacial score (nSPS) is 19.9. The zero-order valence-electron chi connectivity index (χ0n) is 9.16. The Balaban J connectivity index is 2.29. The van der Waals surface area contributed by atoms with Gasteiger partial charge in [0.25, 0.3) is 0 Å². The van der Waals surface area contributed by atoms with Gasteiger partial charge in [-0.2, -0.15) is 0 Å². The fourth-order valence-electron chi connectivity index (χ4n) is 1.60. The third-order valence-corrected chi connectivity index (χ3v) is 2.72. The second-order valence-electron chi connectivity index (χ2n) is 3.67. The Hall–Kier alpha value is -0.650. The highest BCUT2D eigenvalue weighted by atomic mass is 16.5. The standard InChI is InChI=1S/C10H19NO4/c1-13-9(12)2-5-15-10(8-11)3-6-14-7-4-10/h2-8,11H2,1H3. The molecule has 0 aromatic heterocycles. The van der Waals surface area contributed by atoms with Crippen molar-refractivity contribution in [3.05, 3.63) is 0 Å². The second-order valence-corrected chi connectivity index (χ2v) is 3.67. The maximum Gasteiger partial charge on any atom is 0.307 e. The van der Waals surface area contributed by atoms with E-state index < -0.39 is 0 Å². The maximum absolute atomic E-state index is 10.9. The van der Waals surface area contributed by atoms with Crippen LogP contribution < -0.4 is 5.73 Å². The van der Waals surface area contributed by atoms with Crippen molar-refractivity contribution in [2.24, 2.45) is 5.73 Å². The van der Waals surface area contributed by atoms with Gasteiger partial charge in [-0.25, -0.2) is 0 Å². The molecule has 1 heterocycles. The van der Waals surface area contributed by atoms with Gasteiger partial charge in [-0.3, -0.25) is 4.79 Å². The molecule has 0 saturated carbocycles. The maximum atomic E-state index is 10.9. The summed E-state index contributed by atoms with van der Waals surface area (Å²) in [6, 6.07) is 0. The van der Waals surface area contributed by atoms with E-state index in [9.17, 15) is 4.79 Å². The molecule has 2 N–H and O–H groups in total. The monoisotopic (exact) mass is 217 g/mol. The molecule has 0 atom stereocenters. The van der Waals surface area contributed by atoms with Crippen LogP contribution in [0.5, 0.6) is 0 Å². The number of hydrogen-bond donors (Lipinski definition) is 1. The largest absolute Gasteiger partial charge is 0.469 e. The molecule has 1 aliphatic heterocycles. The van der Waals surface area contributed by atoms with Gasteiger partial charge in [0, 0.05) is 32.6 Å². The van der Waals surface area contributed by atoms with Gasteiger partial charge in [-0.1, -0.05) is 0 Å². The van der Waals surface area contributed by atoms with Crippen LogP contribution in [0.15, 0.2) is 0 Å². The van der Waals surface area contributed by atoms with Crippen molar-refractivity contribution in [3.63, 3.8) is 0 Å². The number of rotatable bonds is 5. The fourth-order valence-corrected chi connectivity index (χ4v) is 1.60. The van der Waals surface area contributed by atoms with E-state index in [1.807, 2.05) is 0 Å². The predicted octanol–water partition coefficient (Wildman–Crippen LogP) is 0.0740. The van der Waals surface area contributed by atoms with Crippen molar-refractivity contribution in [1.29, 1.82) is 0 Å². The van der Waals surface area contributed by atoms with Crippen molar-refractivity contribution in [3.8, 4) is 0 Å². The molecule has 0 amide bonds. The molecule has 0 radical (unpaired) electrons. The number of ether oxygens (including phenoxy) is 3. The van der Waals surface area contributed by atoms with E-state index in [0.717, 1.165) is 12.8 Å². The molecule has 0 aliphatic carbocycles. The van der Waals surface area contributed by atoms with Crippen molar-refractivity contribution >= 4 is 5.97 Å². The summed E-state index contributed by atoms with van der Waals surface area (Å²) in [5.74, 6) is -0.255. The van der Waals surface area contributed by atoms with Crippen LogP contribution in [0.25, 0.3) is 0 Å². The van der Waals surface area contributed by atoms with Crippen LogP contribution in [0.4, 0.5) is 0 Å². The highest BCUT2D eigenvalue weighted by Crippen LogP contribution is 2.23. The minimum absolute atomic E-state index is 0.255. The number of methoxy groups -OCH3 is 1. The van der Waals surface area contributed by atoms with Gasteiger partial charge < -0.3 is 19.9 Å². The quantitative estimate of drug-likeness (QED) is 0.660. The molecule has 1 rings (SSSR count). The lowest BCUT2D eigenvalue weighted by atomic mass is 9.94. The van der Waals surface area contributed by atoms with Gasteiger partial charge in [0.2, 0.25) is 0 Å². The molecule has 1 fully saturated rings. The molecule has 15 heavy (non-hydrogen) atoms. The average molecular weight is 217 g/mol. The third kappa shape index (κ3) is 3.77. The van der Waals surface area contributed by atoms with Crippen LogP contribution in [0.2, 0.25) is 0 Å². The van der Waals surface area contributed by atoms with Crippen molar-refractivity contribution in [2.75, 3.05) is 33.5 Å². The summed E-state index contributed by atoms with van der Waals surface area (Å²) in [5, 5.41) is 0. The van der Waals surface area contributed by atoms with E-state index in [-0.39, 0.29) is 18.0 Å². The van der Waals surface area contributed by atoms with E-state index in [1.54, 1.807) is 0 Å². The summed E-state index contributed by atoms with van der Waals surface area (Å²) in [7, 11) is 1.37. The van der Waals surface area contributed by atoms with Crippen LogP contribution in [-0.2, 0) is 19.0 Å². The van der Waals surface area contributed by atoms with Crippen LogP contribution in [-0.4, -0.2) is 45.0 Å². The smallest absolute Gasteiger partial charge is 0.307 e. The van der Waals surface area contributed by atoms with Crippen LogP contribution in [0.3, 0.4) is 0 Å². The summed E-state index contributed by atoms with van der Waals surface area (Å²) >= 11 is 0. The molecule has 5 nitrogen and oxygen atoms in total. The van der Waals surface area contributed by atoms with Crippen molar-refractivity contribution in [1.82, 2.24) is 0 Å². The summed E-state index contributed by atoms with van der Waals surface area (Å²) in [6.45, 7) is 2.19. The number of nitrogens with two attached hydrogens (primary N) is 1. The number of esters is 1. The second kappa shape index (κ2) is 6.05. The Morgan fingerprint density at radius 1 is 1.47 bits per heavy atom. The lowest BCUT2D eigenvalue weighted by Gasteiger charge is -2.35. The molecule has 5 heteroatoms. The Kier molecular flexibility index (Phi) is 5.01. The van der Waals surface area contributed by atoms with Crippen molar-refractivity contribution < 1.29 is 19.0 Å². The number of carbonyl (C=O) groups excluding carboxylic acids is 1. The predicted molar refractivity (Wildman–Crippen MR) is 54.4 cm³/mol. The van der Waals surface area contributed by atoms with Gasteiger partial charge in [-0.05, 0) is 0 Å². The molecule has 0 aromatic rings. The highest BCUT2D eigenvalue weighted by molar-refractivity contribution is 5.69. The SMILES string of the molecule is COC(=O)CCOC1(CN)CCOCC1. The van der Waals surface area contributed by atoms with Crippen LogP contribution >= 0.6 is 0 Å². The van der Waals surface area contributed by atoms with Gasteiger partial charge in [0.1, 0.15) is 0 Å². The Bertz CT molecular complexity index is 202. The molecule has 88 valence electrons. The lowest BCUT2D eigenvalue weighted by Crippen LogP contribution is -2.45. The van der Waals surface area contributed by atoms with Gasteiger partial charge in [0.05, 0.1) is 25.7 Å². The zero-order chi connectivity index (χ0) is 11.1. The van der Waals surface area contributed by atoms with Crippen molar-refractivity contribution in [2.45, 2.75) is 24.9 Å². The fraction of sp³-hybridized carbons (Fsp3) is 0.900.